The minimum absolute atomic E-state index is 0.184. The molecule has 27 heavy (non-hydrogen) atoms. The molecule has 0 radical (unpaired) electrons. The Bertz CT molecular complexity index is 522. The summed E-state index contributed by atoms with van der Waals surface area (Å²) in [6.45, 7) is 9.33. The first kappa shape index (κ1) is 22.1. The molecule has 2 heterocycles. The van der Waals surface area contributed by atoms with E-state index < -0.39 is 18.4 Å². The molecule has 0 spiro atoms. The predicted molar refractivity (Wildman–Crippen MR) is 101 cm³/mol. The Labute approximate surface area is 161 Å². The number of nitrogens with one attached hydrogen (secondary N) is 1. The van der Waals surface area contributed by atoms with E-state index in [2.05, 4.69) is 5.32 Å². The highest BCUT2D eigenvalue weighted by molar-refractivity contribution is 5.90. The minimum Gasteiger partial charge on any atom is -0.382 e. The third kappa shape index (κ3) is 5.63. The first-order chi connectivity index (χ1) is 12.6. The number of hydrogen-bond acceptors (Lipinski definition) is 6. The summed E-state index contributed by atoms with van der Waals surface area (Å²) in [5, 5.41) is 12.8. The van der Waals surface area contributed by atoms with Gasteiger partial charge in [0.25, 0.3) is 0 Å². The molecular formula is C19H35N3O5. The Morgan fingerprint density at radius 1 is 1.41 bits per heavy atom. The van der Waals surface area contributed by atoms with Crippen LogP contribution in [0, 0.1) is 5.41 Å². The van der Waals surface area contributed by atoms with E-state index in [4.69, 9.17) is 15.2 Å². The summed E-state index contributed by atoms with van der Waals surface area (Å²) in [7, 11) is 0. The standard InChI is InChI=1S/C19H35N3O5/c1-5-26-10-8-14-12(11-15(23)27-14)21-17(24)13-7-6-9-22(13)18(25)16(20)19(2,3)4/h12-16,23H,5-11,20H2,1-4H3,(H,21,24)/t12-,13-,14-,15?,16+/m0/s1. The zero-order chi connectivity index (χ0) is 20.2. The lowest BCUT2D eigenvalue weighted by atomic mass is 9.86. The molecule has 1 unspecified atom stereocenters. The highest BCUT2D eigenvalue weighted by atomic mass is 16.6. The maximum absolute atomic E-state index is 12.9. The van der Waals surface area contributed by atoms with Crippen molar-refractivity contribution in [2.45, 2.75) is 83.9 Å². The first-order valence-corrected chi connectivity index (χ1v) is 9.92. The van der Waals surface area contributed by atoms with Gasteiger partial charge in [-0.25, -0.2) is 0 Å². The molecule has 8 heteroatoms. The smallest absolute Gasteiger partial charge is 0.243 e. The van der Waals surface area contributed by atoms with Gasteiger partial charge in [0.2, 0.25) is 11.8 Å². The van der Waals surface area contributed by atoms with Crippen molar-refractivity contribution in [1.29, 1.82) is 0 Å². The Balaban J connectivity index is 1.98. The van der Waals surface area contributed by atoms with E-state index in [1.54, 1.807) is 4.90 Å². The maximum atomic E-state index is 12.9. The van der Waals surface area contributed by atoms with Gasteiger partial charge in [-0.1, -0.05) is 20.8 Å². The molecule has 0 saturated carbocycles. The molecule has 0 aromatic carbocycles. The van der Waals surface area contributed by atoms with Gasteiger partial charge in [-0.05, 0) is 31.6 Å². The molecule has 2 aliphatic heterocycles. The fourth-order valence-electron chi connectivity index (χ4n) is 3.62. The minimum atomic E-state index is -0.891. The Morgan fingerprint density at radius 3 is 2.74 bits per heavy atom. The van der Waals surface area contributed by atoms with Crippen molar-refractivity contribution in [3.63, 3.8) is 0 Å². The van der Waals surface area contributed by atoms with E-state index in [1.165, 1.54) is 0 Å². The predicted octanol–water partition coefficient (Wildman–Crippen LogP) is 0.370. The third-order valence-corrected chi connectivity index (χ3v) is 5.35. The monoisotopic (exact) mass is 385 g/mol. The van der Waals surface area contributed by atoms with E-state index in [-0.39, 0.29) is 29.4 Å². The highest BCUT2D eigenvalue weighted by Crippen LogP contribution is 2.26. The summed E-state index contributed by atoms with van der Waals surface area (Å²) in [4.78, 5) is 27.2. The molecule has 0 aromatic rings. The van der Waals surface area contributed by atoms with Gasteiger partial charge in [-0.2, -0.15) is 0 Å². The van der Waals surface area contributed by atoms with Crippen LogP contribution < -0.4 is 11.1 Å². The van der Waals surface area contributed by atoms with E-state index in [0.717, 1.165) is 6.42 Å². The fourth-order valence-corrected chi connectivity index (χ4v) is 3.62. The summed E-state index contributed by atoms with van der Waals surface area (Å²) in [6, 6.07) is -1.46. The van der Waals surface area contributed by atoms with E-state index in [0.29, 0.717) is 39.0 Å². The number of nitrogens with two attached hydrogens (primary N) is 1. The average molecular weight is 386 g/mol. The number of likely N-dealkylation sites (tertiary alicyclic amines) is 1. The largest absolute Gasteiger partial charge is 0.382 e. The SMILES string of the molecule is CCOCC[C@@H]1OC(O)C[C@@H]1NC(=O)[C@@H]1CCCN1C(=O)[C@@H](N)C(C)(C)C. The summed E-state index contributed by atoms with van der Waals surface area (Å²) >= 11 is 0. The number of amides is 2. The van der Waals surface area contributed by atoms with Crippen molar-refractivity contribution < 1.29 is 24.2 Å². The summed E-state index contributed by atoms with van der Waals surface area (Å²) in [5.74, 6) is -0.387. The van der Waals surface area contributed by atoms with Crippen molar-refractivity contribution in [2.24, 2.45) is 11.1 Å². The second-order valence-corrected chi connectivity index (χ2v) is 8.50. The molecule has 2 amide bonds. The number of aliphatic hydroxyl groups excluding tert-OH is 1. The van der Waals surface area contributed by atoms with Crippen LogP contribution in [-0.4, -0.2) is 72.1 Å². The van der Waals surface area contributed by atoms with E-state index in [1.807, 2.05) is 27.7 Å². The number of hydrogen-bond donors (Lipinski definition) is 3. The molecule has 5 atom stereocenters. The molecule has 0 aliphatic carbocycles. The second kappa shape index (κ2) is 9.32. The van der Waals surface area contributed by atoms with Crippen LogP contribution in [0.4, 0.5) is 0 Å². The van der Waals surface area contributed by atoms with Crippen LogP contribution in [0.15, 0.2) is 0 Å². The number of aliphatic hydroxyl groups is 1. The Hall–Kier alpha value is -1.22. The Kier molecular flexibility index (Phi) is 7.62. The van der Waals surface area contributed by atoms with Crippen LogP contribution in [0.2, 0.25) is 0 Å². The number of rotatable bonds is 7. The normalized spacial score (nSPS) is 29.8. The molecule has 4 N–H and O–H groups in total. The lowest BCUT2D eigenvalue weighted by Crippen LogP contribution is -2.56. The molecule has 2 fully saturated rings. The van der Waals surface area contributed by atoms with Gasteiger partial charge in [-0.3, -0.25) is 9.59 Å². The molecule has 2 rings (SSSR count). The highest BCUT2D eigenvalue weighted by Gasteiger charge is 2.42. The zero-order valence-electron chi connectivity index (χ0n) is 16.9. The summed E-state index contributed by atoms with van der Waals surface area (Å²) in [5.41, 5.74) is 5.75. The van der Waals surface area contributed by atoms with E-state index in [9.17, 15) is 14.7 Å². The topological polar surface area (TPSA) is 114 Å². The van der Waals surface area contributed by atoms with Gasteiger partial charge in [0.05, 0.1) is 18.2 Å². The van der Waals surface area contributed by atoms with Gasteiger partial charge in [-0.15, -0.1) is 0 Å². The maximum Gasteiger partial charge on any atom is 0.243 e. The number of carbonyl (C=O) groups excluding carboxylic acids is 2. The molecule has 8 nitrogen and oxygen atoms in total. The van der Waals surface area contributed by atoms with Gasteiger partial charge in [0.1, 0.15) is 6.04 Å². The number of nitrogens with zero attached hydrogens (tertiary/aromatic N) is 1. The van der Waals surface area contributed by atoms with Crippen LogP contribution >= 0.6 is 0 Å². The third-order valence-electron chi connectivity index (χ3n) is 5.35. The van der Waals surface area contributed by atoms with Crippen LogP contribution in [0.3, 0.4) is 0 Å². The molecule has 2 aliphatic rings. The van der Waals surface area contributed by atoms with Crippen LogP contribution in [-0.2, 0) is 19.1 Å². The van der Waals surface area contributed by atoms with Crippen molar-refractivity contribution in [3.05, 3.63) is 0 Å². The van der Waals surface area contributed by atoms with Crippen molar-refractivity contribution >= 4 is 11.8 Å². The van der Waals surface area contributed by atoms with Crippen LogP contribution in [0.25, 0.3) is 0 Å². The summed E-state index contributed by atoms with van der Waals surface area (Å²) < 4.78 is 10.9. The van der Waals surface area contributed by atoms with Crippen molar-refractivity contribution in [3.8, 4) is 0 Å². The first-order valence-electron chi connectivity index (χ1n) is 9.92. The number of carbonyl (C=O) groups is 2. The number of ether oxygens (including phenoxy) is 2. The molecular weight excluding hydrogens is 350 g/mol. The molecule has 0 bridgehead atoms. The van der Waals surface area contributed by atoms with Gasteiger partial charge >= 0.3 is 0 Å². The van der Waals surface area contributed by atoms with Gasteiger partial charge in [0.15, 0.2) is 6.29 Å². The lowest BCUT2D eigenvalue weighted by Gasteiger charge is -2.33. The lowest BCUT2D eigenvalue weighted by molar-refractivity contribution is -0.141. The molecule has 0 aromatic heterocycles. The fraction of sp³-hybridized carbons (Fsp3) is 0.895. The van der Waals surface area contributed by atoms with Crippen molar-refractivity contribution in [1.82, 2.24) is 10.2 Å². The van der Waals surface area contributed by atoms with Gasteiger partial charge in [0, 0.05) is 26.2 Å². The molecule has 2 saturated heterocycles. The second-order valence-electron chi connectivity index (χ2n) is 8.50. The van der Waals surface area contributed by atoms with Gasteiger partial charge < -0.3 is 30.5 Å². The quantitative estimate of drug-likeness (QED) is 0.546. The van der Waals surface area contributed by atoms with Crippen LogP contribution in [0.1, 0.15) is 53.4 Å². The molecule has 156 valence electrons. The summed E-state index contributed by atoms with van der Waals surface area (Å²) in [6.07, 6.45) is 1.14. The average Bonchev–Trinajstić information content (AvgIpc) is 3.20. The Morgan fingerprint density at radius 2 is 2.11 bits per heavy atom. The zero-order valence-corrected chi connectivity index (χ0v) is 16.9. The van der Waals surface area contributed by atoms with E-state index >= 15 is 0 Å². The van der Waals surface area contributed by atoms with Crippen LogP contribution in [0.5, 0.6) is 0 Å². The van der Waals surface area contributed by atoms with Crippen molar-refractivity contribution in [2.75, 3.05) is 19.8 Å².